The second kappa shape index (κ2) is 8.85. The summed E-state index contributed by atoms with van der Waals surface area (Å²) in [6.45, 7) is 7.42. The van der Waals surface area contributed by atoms with Gasteiger partial charge in [-0.25, -0.2) is 4.98 Å². The first-order valence-electron chi connectivity index (χ1n) is 10.5. The molecule has 0 atom stereocenters. The van der Waals surface area contributed by atoms with Crippen LogP contribution in [0.25, 0.3) is 0 Å². The number of nitrogens with one attached hydrogen (secondary N) is 1. The maximum atomic E-state index is 13.3. The molecule has 0 saturated carbocycles. The van der Waals surface area contributed by atoms with E-state index in [1.54, 1.807) is 27.5 Å². The molecule has 0 aliphatic carbocycles. The van der Waals surface area contributed by atoms with E-state index >= 15 is 0 Å². The first kappa shape index (κ1) is 21.8. The lowest BCUT2D eigenvalue weighted by atomic mass is 10.1. The van der Waals surface area contributed by atoms with Crippen LogP contribution in [-0.4, -0.2) is 52.5 Å². The molecule has 0 radical (unpaired) electrons. The number of aryl methyl sites for hydroxylation is 2. The first-order chi connectivity index (χ1) is 14.2. The van der Waals surface area contributed by atoms with Gasteiger partial charge in [-0.2, -0.15) is 0 Å². The summed E-state index contributed by atoms with van der Waals surface area (Å²) in [5, 5.41) is 0. The summed E-state index contributed by atoms with van der Waals surface area (Å²) in [7, 11) is 3.64. The highest BCUT2D eigenvalue weighted by Crippen LogP contribution is 2.15. The van der Waals surface area contributed by atoms with Crippen LogP contribution in [0.5, 0.6) is 0 Å². The number of hydrogen-bond donors (Lipinski definition) is 1. The SMILES string of the molecule is Cc1ccn(CCC(C)C)c(=O)c1C(=O)N1CCc2nc(N(C)C)[nH]c(=O)c2CC1. The van der Waals surface area contributed by atoms with E-state index in [1.165, 1.54) is 0 Å². The average Bonchev–Trinajstić information content (AvgIpc) is 2.90. The maximum Gasteiger partial charge on any atom is 0.263 e. The third-order valence-corrected chi connectivity index (χ3v) is 5.58. The zero-order valence-corrected chi connectivity index (χ0v) is 18.5. The summed E-state index contributed by atoms with van der Waals surface area (Å²) < 4.78 is 1.63. The van der Waals surface area contributed by atoms with Crippen molar-refractivity contribution < 1.29 is 4.79 Å². The number of hydrogen-bond acceptors (Lipinski definition) is 5. The second-order valence-electron chi connectivity index (χ2n) is 8.56. The van der Waals surface area contributed by atoms with Crippen LogP contribution in [0.1, 0.15) is 47.4 Å². The maximum absolute atomic E-state index is 13.3. The summed E-state index contributed by atoms with van der Waals surface area (Å²) >= 11 is 0. The first-order valence-corrected chi connectivity index (χ1v) is 10.5. The third kappa shape index (κ3) is 4.47. The van der Waals surface area contributed by atoms with Gasteiger partial charge in [0.1, 0.15) is 5.56 Å². The summed E-state index contributed by atoms with van der Waals surface area (Å²) in [5.41, 5.74) is 1.84. The van der Waals surface area contributed by atoms with Gasteiger partial charge in [0.15, 0.2) is 0 Å². The van der Waals surface area contributed by atoms with Gasteiger partial charge in [-0.15, -0.1) is 0 Å². The second-order valence-corrected chi connectivity index (χ2v) is 8.56. The lowest BCUT2D eigenvalue weighted by Gasteiger charge is -2.21. The Hall–Kier alpha value is -2.90. The fourth-order valence-electron chi connectivity index (χ4n) is 3.67. The molecule has 8 heteroatoms. The predicted octanol–water partition coefficient (Wildman–Crippen LogP) is 1.59. The van der Waals surface area contributed by atoms with Crippen molar-refractivity contribution in [3.05, 3.63) is 55.4 Å². The van der Waals surface area contributed by atoms with Crippen molar-refractivity contribution in [3.63, 3.8) is 0 Å². The number of carbonyl (C=O) groups is 1. The van der Waals surface area contributed by atoms with E-state index in [1.807, 2.05) is 20.2 Å². The molecule has 0 fully saturated rings. The topological polar surface area (TPSA) is 91.3 Å². The Morgan fingerprint density at radius 2 is 1.93 bits per heavy atom. The smallest absolute Gasteiger partial charge is 0.263 e. The van der Waals surface area contributed by atoms with Gasteiger partial charge >= 0.3 is 0 Å². The Kier molecular flexibility index (Phi) is 6.43. The summed E-state index contributed by atoms with van der Waals surface area (Å²) in [4.78, 5) is 49.6. The van der Waals surface area contributed by atoms with E-state index in [9.17, 15) is 14.4 Å². The Labute approximate surface area is 176 Å². The highest BCUT2D eigenvalue weighted by molar-refractivity contribution is 5.95. The number of aromatic amines is 1. The molecule has 0 bridgehead atoms. The molecular formula is C22H31N5O3. The van der Waals surface area contributed by atoms with Crippen molar-refractivity contribution >= 4 is 11.9 Å². The predicted molar refractivity (Wildman–Crippen MR) is 117 cm³/mol. The van der Waals surface area contributed by atoms with Gasteiger partial charge in [0, 0.05) is 51.9 Å². The van der Waals surface area contributed by atoms with E-state index in [2.05, 4.69) is 23.8 Å². The van der Waals surface area contributed by atoms with E-state index in [0.717, 1.165) is 12.1 Å². The minimum atomic E-state index is -0.270. The molecule has 2 aromatic rings. The van der Waals surface area contributed by atoms with Crippen molar-refractivity contribution in [1.82, 2.24) is 19.4 Å². The number of anilines is 1. The Bertz CT molecular complexity index is 1050. The van der Waals surface area contributed by atoms with Gasteiger partial charge in [0.25, 0.3) is 17.0 Å². The van der Waals surface area contributed by atoms with Crippen LogP contribution in [0.15, 0.2) is 21.9 Å². The normalized spacial score (nSPS) is 13.9. The average molecular weight is 414 g/mol. The van der Waals surface area contributed by atoms with Gasteiger partial charge in [0.05, 0.1) is 5.69 Å². The largest absolute Gasteiger partial charge is 0.348 e. The number of carbonyl (C=O) groups excluding carboxylic acids is 1. The molecule has 0 spiro atoms. The summed E-state index contributed by atoms with van der Waals surface area (Å²) in [6, 6.07) is 1.83. The van der Waals surface area contributed by atoms with Crippen molar-refractivity contribution in [2.45, 2.75) is 46.6 Å². The van der Waals surface area contributed by atoms with Crippen LogP contribution in [0, 0.1) is 12.8 Å². The van der Waals surface area contributed by atoms with Crippen LogP contribution in [0.3, 0.4) is 0 Å². The standard InChI is InChI=1S/C22H31N5O3/c1-14(2)6-10-26-11-7-15(3)18(20(26)29)21(30)27-12-8-16-17(9-13-27)23-22(25(4)5)24-19(16)28/h7,11,14H,6,8-10,12-13H2,1-5H3,(H,23,24,28). The van der Waals surface area contributed by atoms with Crippen molar-refractivity contribution in [2.24, 2.45) is 5.92 Å². The minimum absolute atomic E-state index is 0.162. The molecular weight excluding hydrogens is 382 g/mol. The zero-order valence-electron chi connectivity index (χ0n) is 18.5. The van der Waals surface area contributed by atoms with Crippen LogP contribution < -0.4 is 16.0 Å². The molecule has 3 heterocycles. The highest BCUT2D eigenvalue weighted by atomic mass is 16.2. The molecule has 8 nitrogen and oxygen atoms in total. The Balaban J connectivity index is 1.87. The van der Waals surface area contributed by atoms with Gasteiger partial charge < -0.3 is 14.4 Å². The fourth-order valence-corrected chi connectivity index (χ4v) is 3.67. The van der Waals surface area contributed by atoms with Crippen molar-refractivity contribution in [1.29, 1.82) is 0 Å². The number of rotatable bonds is 5. The number of nitrogens with zero attached hydrogens (tertiary/aromatic N) is 4. The van der Waals surface area contributed by atoms with Crippen LogP contribution >= 0.6 is 0 Å². The van der Waals surface area contributed by atoms with Crippen LogP contribution in [0.4, 0.5) is 5.95 Å². The van der Waals surface area contributed by atoms with Gasteiger partial charge in [-0.3, -0.25) is 19.4 Å². The van der Waals surface area contributed by atoms with Crippen molar-refractivity contribution in [3.8, 4) is 0 Å². The van der Waals surface area contributed by atoms with Gasteiger partial charge in [-0.05, 0) is 37.3 Å². The molecule has 0 aromatic carbocycles. The van der Waals surface area contributed by atoms with E-state index < -0.39 is 0 Å². The molecule has 2 aromatic heterocycles. The number of pyridine rings is 1. The molecule has 1 amide bonds. The van der Waals surface area contributed by atoms with Crippen molar-refractivity contribution in [2.75, 3.05) is 32.1 Å². The van der Waals surface area contributed by atoms with E-state index in [4.69, 9.17) is 0 Å². The molecule has 0 saturated heterocycles. The number of aromatic nitrogens is 3. The number of H-pyrrole nitrogens is 1. The minimum Gasteiger partial charge on any atom is -0.348 e. The molecule has 30 heavy (non-hydrogen) atoms. The number of amides is 1. The summed E-state index contributed by atoms with van der Waals surface area (Å²) in [6.07, 6.45) is 3.55. The quantitative estimate of drug-likeness (QED) is 0.804. The Morgan fingerprint density at radius 3 is 2.60 bits per heavy atom. The lowest BCUT2D eigenvalue weighted by molar-refractivity contribution is 0.0759. The molecule has 162 valence electrons. The zero-order chi connectivity index (χ0) is 22.0. The van der Waals surface area contributed by atoms with E-state index in [0.29, 0.717) is 55.5 Å². The Morgan fingerprint density at radius 1 is 1.23 bits per heavy atom. The van der Waals surface area contributed by atoms with Crippen LogP contribution in [0.2, 0.25) is 0 Å². The van der Waals surface area contributed by atoms with Crippen LogP contribution in [-0.2, 0) is 19.4 Å². The molecule has 1 aliphatic heterocycles. The monoisotopic (exact) mass is 413 g/mol. The van der Waals surface area contributed by atoms with E-state index in [-0.39, 0.29) is 22.6 Å². The van der Waals surface area contributed by atoms with Gasteiger partial charge in [0.2, 0.25) is 5.95 Å². The highest BCUT2D eigenvalue weighted by Gasteiger charge is 2.26. The molecule has 3 rings (SSSR count). The third-order valence-electron chi connectivity index (χ3n) is 5.58. The fraction of sp³-hybridized carbons (Fsp3) is 0.545. The number of fused-ring (bicyclic) bond motifs is 1. The molecule has 0 unspecified atom stereocenters. The molecule has 1 aliphatic rings. The van der Waals surface area contributed by atoms with Gasteiger partial charge in [-0.1, -0.05) is 13.8 Å². The summed E-state index contributed by atoms with van der Waals surface area (Å²) in [5.74, 6) is 0.707. The molecule has 1 N–H and O–H groups in total. The lowest BCUT2D eigenvalue weighted by Crippen LogP contribution is -2.39.